The molecule has 150 valence electrons. The highest BCUT2D eigenvalue weighted by Gasteiger charge is 2.09. The Bertz CT molecular complexity index is 788. The molecule has 0 fully saturated rings. The Hall–Kier alpha value is -2.14. The highest BCUT2D eigenvalue weighted by Crippen LogP contribution is 2.28. The van der Waals surface area contributed by atoms with Crippen molar-refractivity contribution < 1.29 is 9.53 Å². The Morgan fingerprint density at radius 1 is 1.14 bits per heavy atom. The van der Waals surface area contributed by atoms with Crippen molar-refractivity contribution in [3.05, 3.63) is 64.1 Å². The number of carbonyl (C=O) groups is 1. The minimum atomic E-state index is -0.274. The predicted molar refractivity (Wildman–Crippen MR) is 119 cm³/mol. The van der Waals surface area contributed by atoms with Crippen LogP contribution in [0, 0.1) is 0 Å². The van der Waals surface area contributed by atoms with Gasteiger partial charge in [0.05, 0.1) is 10.2 Å². The van der Waals surface area contributed by atoms with E-state index in [2.05, 4.69) is 47.2 Å². The molecular weight excluding hydrogens is 416 g/mol. The zero-order chi connectivity index (χ0) is 20.4. The summed E-state index contributed by atoms with van der Waals surface area (Å²) in [6.45, 7) is 6.36. The molecule has 0 aliphatic rings. The molecule has 0 heterocycles. The van der Waals surface area contributed by atoms with Crippen LogP contribution in [0.5, 0.6) is 5.75 Å². The van der Waals surface area contributed by atoms with E-state index in [4.69, 9.17) is 4.74 Å². The van der Waals surface area contributed by atoms with Gasteiger partial charge in [-0.3, -0.25) is 4.79 Å². The molecule has 2 aromatic carbocycles. The number of halogens is 1. The maximum Gasteiger partial charge on any atom is 0.277 e. The third kappa shape index (κ3) is 7.12. The first-order valence-corrected chi connectivity index (χ1v) is 10.6. The van der Waals surface area contributed by atoms with Crippen LogP contribution in [0.3, 0.4) is 0 Å². The van der Waals surface area contributed by atoms with E-state index in [-0.39, 0.29) is 12.5 Å². The molecule has 2 aromatic rings. The first-order chi connectivity index (χ1) is 13.5. The second-order valence-electron chi connectivity index (χ2n) is 7.05. The van der Waals surface area contributed by atoms with Gasteiger partial charge in [-0.15, -0.1) is 0 Å². The summed E-state index contributed by atoms with van der Waals surface area (Å²) < 4.78 is 6.49. The summed E-state index contributed by atoms with van der Waals surface area (Å²) in [7, 11) is 0. The topological polar surface area (TPSA) is 50.7 Å². The van der Waals surface area contributed by atoms with Crippen molar-refractivity contribution >= 4 is 27.5 Å². The van der Waals surface area contributed by atoms with Crippen molar-refractivity contribution in [2.24, 2.45) is 5.10 Å². The Balaban J connectivity index is 1.96. The molecule has 0 atom stereocenters. The number of nitrogens with one attached hydrogen (secondary N) is 1. The normalized spacial score (nSPS) is 11.5. The van der Waals surface area contributed by atoms with Crippen LogP contribution in [0.25, 0.3) is 0 Å². The zero-order valence-corrected chi connectivity index (χ0v) is 18.5. The summed E-state index contributed by atoms with van der Waals surface area (Å²) in [5.74, 6) is 0.811. The molecule has 4 nitrogen and oxygen atoms in total. The minimum Gasteiger partial charge on any atom is -0.483 e. The van der Waals surface area contributed by atoms with E-state index >= 15 is 0 Å². The fourth-order valence-electron chi connectivity index (χ4n) is 2.74. The van der Waals surface area contributed by atoms with Crippen LogP contribution in [0.15, 0.2) is 58.1 Å². The van der Waals surface area contributed by atoms with Gasteiger partial charge < -0.3 is 4.74 Å². The lowest BCUT2D eigenvalue weighted by Gasteiger charge is -2.11. The van der Waals surface area contributed by atoms with Gasteiger partial charge in [-0.25, -0.2) is 5.43 Å². The standard InChI is InChI=1S/C23H29BrN2O2/c1-4-5-7-12-21(18-10-8-6-9-11-18)25-26-23(27)16-28-22-14-13-19(17(2)3)15-20(22)24/h6,8-11,13-15,17H,4-5,7,12,16H2,1-3H3,(H,26,27)/b25-21+. The molecule has 1 N–H and O–H groups in total. The fraction of sp³-hybridized carbons (Fsp3) is 0.391. The number of nitrogens with zero attached hydrogens (tertiary/aromatic N) is 1. The van der Waals surface area contributed by atoms with Gasteiger partial charge in [0, 0.05) is 0 Å². The summed E-state index contributed by atoms with van der Waals surface area (Å²) in [4.78, 5) is 12.2. The largest absolute Gasteiger partial charge is 0.483 e. The summed E-state index contributed by atoms with van der Waals surface area (Å²) in [5, 5.41) is 4.36. The Labute approximate surface area is 176 Å². The second-order valence-corrected chi connectivity index (χ2v) is 7.90. The molecule has 0 spiro atoms. The summed E-state index contributed by atoms with van der Waals surface area (Å²) >= 11 is 3.51. The highest BCUT2D eigenvalue weighted by molar-refractivity contribution is 9.10. The van der Waals surface area contributed by atoms with Crippen LogP contribution in [-0.4, -0.2) is 18.2 Å². The zero-order valence-electron chi connectivity index (χ0n) is 16.9. The maximum atomic E-state index is 12.2. The lowest BCUT2D eigenvalue weighted by Crippen LogP contribution is -2.26. The van der Waals surface area contributed by atoms with Crippen LogP contribution in [0.1, 0.15) is 63.5 Å². The summed E-state index contributed by atoms with van der Waals surface area (Å²) in [6, 6.07) is 15.9. The van der Waals surface area contributed by atoms with Gasteiger partial charge in [-0.05, 0) is 57.9 Å². The molecule has 2 rings (SSSR count). The van der Waals surface area contributed by atoms with E-state index in [0.29, 0.717) is 11.7 Å². The lowest BCUT2D eigenvalue weighted by molar-refractivity contribution is -0.123. The van der Waals surface area contributed by atoms with Gasteiger partial charge >= 0.3 is 0 Å². The van der Waals surface area contributed by atoms with Crippen molar-refractivity contribution in [3.8, 4) is 5.75 Å². The average Bonchev–Trinajstić information content (AvgIpc) is 2.70. The third-order valence-corrected chi connectivity index (χ3v) is 5.04. The van der Waals surface area contributed by atoms with Crippen LogP contribution >= 0.6 is 15.9 Å². The Morgan fingerprint density at radius 2 is 1.89 bits per heavy atom. The van der Waals surface area contributed by atoms with Crippen molar-refractivity contribution in [1.82, 2.24) is 5.43 Å². The smallest absolute Gasteiger partial charge is 0.277 e. The average molecular weight is 445 g/mol. The van der Waals surface area contributed by atoms with E-state index in [1.54, 1.807) is 0 Å². The van der Waals surface area contributed by atoms with Crippen molar-refractivity contribution in [1.29, 1.82) is 0 Å². The van der Waals surface area contributed by atoms with Gasteiger partial charge in [0.25, 0.3) is 5.91 Å². The van der Waals surface area contributed by atoms with E-state index in [1.807, 2.05) is 48.5 Å². The predicted octanol–water partition coefficient (Wildman–Crippen LogP) is 6.05. The molecule has 28 heavy (non-hydrogen) atoms. The van der Waals surface area contributed by atoms with Crippen LogP contribution in [-0.2, 0) is 4.79 Å². The first kappa shape index (κ1) is 22.2. The molecular formula is C23H29BrN2O2. The maximum absolute atomic E-state index is 12.2. The highest BCUT2D eigenvalue weighted by atomic mass is 79.9. The van der Waals surface area contributed by atoms with Crippen molar-refractivity contribution in [3.63, 3.8) is 0 Å². The van der Waals surface area contributed by atoms with Gasteiger partial charge in [0.1, 0.15) is 5.75 Å². The van der Waals surface area contributed by atoms with Gasteiger partial charge in [-0.2, -0.15) is 5.10 Å². The molecule has 1 amide bonds. The van der Waals surface area contributed by atoms with Gasteiger partial charge in [-0.1, -0.05) is 70.0 Å². The molecule has 0 bridgehead atoms. The number of carbonyl (C=O) groups excluding carboxylic acids is 1. The molecule has 0 aliphatic heterocycles. The quantitative estimate of drug-likeness (QED) is 0.275. The fourth-order valence-corrected chi connectivity index (χ4v) is 3.25. The SMILES string of the molecule is CCCCC/C(=N\NC(=O)COc1ccc(C(C)C)cc1Br)c1ccccc1. The van der Waals surface area contributed by atoms with Gasteiger partial charge in [0.15, 0.2) is 6.61 Å². The monoisotopic (exact) mass is 444 g/mol. The van der Waals surface area contributed by atoms with E-state index in [9.17, 15) is 4.79 Å². The number of hydrogen-bond acceptors (Lipinski definition) is 3. The molecule has 0 unspecified atom stereocenters. The van der Waals surface area contributed by atoms with Gasteiger partial charge in [0.2, 0.25) is 0 Å². The molecule has 0 aliphatic carbocycles. The molecule has 5 heteroatoms. The number of hydrogen-bond donors (Lipinski definition) is 1. The van der Waals surface area contributed by atoms with E-state index < -0.39 is 0 Å². The number of hydrazone groups is 1. The Morgan fingerprint density at radius 3 is 2.54 bits per heavy atom. The lowest BCUT2D eigenvalue weighted by atomic mass is 10.0. The summed E-state index contributed by atoms with van der Waals surface area (Å²) in [6.07, 6.45) is 4.17. The number of rotatable bonds is 10. The van der Waals surface area contributed by atoms with Crippen LogP contribution < -0.4 is 10.2 Å². The second kappa shape index (κ2) is 11.6. The number of unbranched alkanes of at least 4 members (excludes halogenated alkanes) is 2. The molecule has 0 saturated carbocycles. The van der Waals surface area contributed by atoms with Crippen molar-refractivity contribution in [2.45, 2.75) is 52.4 Å². The van der Waals surface area contributed by atoms with Crippen molar-refractivity contribution in [2.75, 3.05) is 6.61 Å². The number of ether oxygens (including phenoxy) is 1. The van der Waals surface area contributed by atoms with E-state index in [0.717, 1.165) is 41.4 Å². The Kier molecular flexibility index (Phi) is 9.21. The minimum absolute atomic E-state index is 0.0832. The van der Waals surface area contributed by atoms with Crippen LogP contribution in [0.4, 0.5) is 0 Å². The summed E-state index contributed by atoms with van der Waals surface area (Å²) in [5.41, 5.74) is 5.78. The molecule has 0 aromatic heterocycles. The number of amides is 1. The van der Waals surface area contributed by atoms with E-state index in [1.165, 1.54) is 5.56 Å². The molecule has 0 radical (unpaired) electrons. The number of benzene rings is 2. The third-order valence-electron chi connectivity index (χ3n) is 4.42. The first-order valence-electron chi connectivity index (χ1n) is 9.84. The van der Waals surface area contributed by atoms with Crippen LogP contribution in [0.2, 0.25) is 0 Å². The molecule has 0 saturated heterocycles.